The Morgan fingerprint density at radius 1 is 1.43 bits per heavy atom. The molecule has 0 bridgehead atoms. The molecule has 7 heteroatoms. The first-order valence-electron chi connectivity index (χ1n) is 5.97. The first-order chi connectivity index (χ1) is 10.2. The van der Waals surface area contributed by atoms with Crippen LogP contribution in [0.15, 0.2) is 41.3 Å². The molecule has 1 aromatic carbocycles. The summed E-state index contributed by atoms with van der Waals surface area (Å²) in [5.74, 6) is 0. The molecular formula is C14H8N4OS2. The Morgan fingerprint density at radius 2 is 2.24 bits per heavy atom. The quantitative estimate of drug-likeness (QED) is 0.583. The lowest BCUT2D eigenvalue weighted by atomic mass is 10.3. The summed E-state index contributed by atoms with van der Waals surface area (Å²) in [7, 11) is 0. The molecule has 0 aliphatic heterocycles. The van der Waals surface area contributed by atoms with Gasteiger partial charge in [-0.1, -0.05) is 12.1 Å². The number of aromatic nitrogens is 3. The Hall–Kier alpha value is -2.56. The van der Waals surface area contributed by atoms with Crippen molar-refractivity contribution in [2.45, 2.75) is 0 Å². The summed E-state index contributed by atoms with van der Waals surface area (Å²) in [5, 5.41) is 9.96. The molecule has 2 aromatic heterocycles. The maximum atomic E-state index is 11.2. The second-order valence-corrected chi connectivity index (χ2v) is 5.58. The van der Waals surface area contributed by atoms with Crippen LogP contribution >= 0.6 is 23.6 Å². The van der Waals surface area contributed by atoms with Gasteiger partial charge in [0.25, 0.3) is 5.56 Å². The van der Waals surface area contributed by atoms with E-state index in [0.29, 0.717) is 10.6 Å². The van der Waals surface area contributed by atoms with Gasteiger partial charge in [0.15, 0.2) is 4.77 Å². The molecule has 5 nitrogen and oxygen atoms in total. The number of rotatable bonds is 2. The number of nitriles is 1. The number of para-hydroxylation sites is 1. The van der Waals surface area contributed by atoms with E-state index in [9.17, 15) is 10.1 Å². The fourth-order valence-electron chi connectivity index (χ4n) is 1.79. The van der Waals surface area contributed by atoms with Crippen LogP contribution in [0.25, 0.3) is 22.0 Å². The maximum Gasteiger partial charge on any atom is 0.251 e. The first-order valence-corrected chi connectivity index (χ1v) is 7.19. The molecule has 102 valence electrons. The summed E-state index contributed by atoms with van der Waals surface area (Å²) in [5.41, 5.74) is 0.964. The van der Waals surface area contributed by atoms with E-state index < -0.39 is 0 Å². The van der Waals surface area contributed by atoms with Crippen LogP contribution in [0.1, 0.15) is 5.01 Å². The lowest BCUT2D eigenvalue weighted by Crippen LogP contribution is -2.08. The zero-order valence-corrected chi connectivity index (χ0v) is 12.2. The molecule has 0 fully saturated rings. The minimum atomic E-state index is -0.275. The number of H-pyrrole nitrogens is 1. The molecule has 21 heavy (non-hydrogen) atoms. The van der Waals surface area contributed by atoms with Crippen molar-refractivity contribution in [3.05, 3.63) is 56.7 Å². The van der Waals surface area contributed by atoms with Gasteiger partial charge >= 0.3 is 0 Å². The number of benzene rings is 1. The molecule has 0 spiro atoms. The standard InChI is InChI=1S/C14H8N4OS2/c15-7-9(8-18-6-5-12(19)17-14(18)20)13-16-10-3-1-2-4-11(10)21-13/h1-6,8H,(H,17,19,20). The van der Waals surface area contributed by atoms with E-state index in [4.69, 9.17) is 12.2 Å². The SMILES string of the molecule is N#CC(=Cn1ccc(=O)[nH]c1=S)c1nc2ccccc2s1. The molecular weight excluding hydrogens is 304 g/mol. The van der Waals surface area contributed by atoms with Gasteiger partial charge < -0.3 is 0 Å². The highest BCUT2D eigenvalue weighted by Crippen LogP contribution is 2.26. The number of nitrogens with one attached hydrogen (secondary N) is 1. The number of aromatic amines is 1. The third-order valence-electron chi connectivity index (χ3n) is 2.76. The average Bonchev–Trinajstić information content (AvgIpc) is 2.90. The number of fused-ring (bicyclic) bond motifs is 1. The van der Waals surface area contributed by atoms with Crippen LogP contribution < -0.4 is 5.56 Å². The van der Waals surface area contributed by atoms with Crippen molar-refractivity contribution >= 4 is 45.5 Å². The van der Waals surface area contributed by atoms with Gasteiger partial charge in [0.05, 0.1) is 10.2 Å². The molecule has 3 rings (SSSR count). The van der Waals surface area contributed by atoms with E-state index in [1.165, 1.54) is 28.2 Å². The minimum Gasteiger partial charge on any atom is -0.299 e. The summed E-state index contributed by atoms with van der Waals surface area (Å²) in [6, 6.07) is 11.2. The Labute approximate surface area is 128 Å². The van der Waals surface area contributed by atoms with Gasteiger partial charge in [0, 0.05) is 18.5 Å². The molecule has 0 saturated carbocycles. The van der Waals surface area contributed by atoms with Gasteiger partial charge in [-0.25, -0.2) is 4.98 Å². The van der Waals surface area contributed by atoms with Crippen molar-refractivity contribution < 1.29 is 0 Å². The van der Waals surface area contributed by atoms with E-state index in [1.54, 1.807) is 6.20 Å². The summed E-state index contributed by atoms with van der Waals surface area (Å²) < 4.78 is 2.76. The monoisotopic (exact) mass is 312 g/mol. The van der Waals surface area contributed by atoms with E-state index in [1.807, 2.05) is 24.3 Å². The largest absolute Gasteiger partial charge is 0.299 e. The normalized spacial score (nSPS) is 11.5. The number of hydrogen-bond donors (Lipinski definition) is 1. The third-order valence-corrected chi connectivity index (χ3v) is 4.15. The molecule has 0 amide bonds. The number of thiazole rings is 1. The summed E-state index contributed by atoms with van der Waals surface area (Å²) >= 11 is 6.49. The van der Waals surface area contributed by atoms with E-state index in [0.717, 1.165) is 10.2 Å². The fourth-order valence-corrected chi connectivity index (χ4v) is 2.93. The van der Waals surface area contributed by atoms with Gasteiger partial charge in [0.2, 0.25) is 0 Å². The maximum absolute atomic E-state index is 11.2. The van der Waals surface area contributed by atoms with Gasteiger partial charge in [-0.3, -0.25) is 14.3 Å². The smallest absolute Gasteiger partial charge is 0.251 e. The van der Waals surface area contributed by atoms with E-state index in [-0.39, 0.29) is 10.3 Å². The minimum absolute atomic E-state index is 0.233. The van der Waals surface area contributed by atoms with Gasteiger partial charge in [-0.2, -0.15) is 5.26 Å². The van der Waals surface area contributed by atoms with Gasteiger partial charge in [-0.15, -0.1) is 11.3 Å². The van der Waals surface area contributed by atoms with Crippen molar-refractivity contribution in [2.24, 2.45) is 0 Å². The van der Waals surface area contributed by atoms with Crippen LogP contribution in [-0.2, 0) is 0 Å². The molecule has 0 aliphatic carbocycles. The summed E-state index contributed by atoms with van der Waals surface area (Å²) in [4.78, 5) is 18.1. The molecule has 0 unspecified atom stereocenters. The van der Waals surface area contributed by atoms with Gasteiger partial charge in [0.1, 0.15) is 16.6 Å². The predicted molar refractivity (Wildman–Crippen MR) is 85.3 cm³/mol. The summed E-state index contributed by atoms with van der Waals surface area (Å²) in [6.45, 7) is 0. The molecule has 0 atom stereocenters. The zero-order chi connectivity index (χ0) is 14.8. The van der Waals surface area contributed by atoms with E-state index >= 15 is 0 Å². The fraction of sp³-hybridized carbons (Fsp3) is 0. The molecule has 0 aliphatic rings. The average molecular weight is 312 g/mol. The zero-order valence-electron chi connectivity index (χ0n) is 10.6. The van der Waals surface area contributed by atoms with Crippen LogP contribution in [0, 0.1) is 16.1 Å². The topological polar surface area (TPSA) is 74.5 Å². The van der Waals surface area contributed by atoms with Crippen molar-refractivity contribution in [3.8, 4) is 6.07 Å². The predicted octanol–water partition coefficient (Wildman–Crippen LogP) is 3.04. The second kappa shape index (κ2) is 5.44. The van der Waals surface area contributed by atoms with Crippen LogP contribution in [0.5, 0.6) is 0 Å². The van der Waals surface area contributed by atoms with Crippen LogP contribution in [0.4, 0.5) is 0 Å². The number of allylic oxidation sites excluding steroid dienone is 1. The highest BCUT2D eigenvalue weighted by Gasteiger charge is 2.08. The van der Waals surface area contributed by atoms with Crippen molar-refractivity contribution in [1.29, 1.82) is 5.26 Å². The molecule has 2 heterocycles. The Balaban J connectivity index is 2.13. The highest BCUT2D eigenvalue weighted by atomic mass is 32.1. The number of nitrogens with zero attached hydrogens (tertiary/aromatic N) is 3. The lowest BCUT2D eigenvalue weighted by Gasteiger charge is -1.99. The highest BCUT2D eigenvalue weighted by molar-refractivity contribution is 7.71. The van der Waals surface area contributed by atoms with E-state index in [2.05, 4.69) is 16.0 Å². The van der Waals surface area contributed by atoms with Crippen LogP contribution in [0.2, 0.25) is 0 Å². The lowest BCUT2D eigenvalue weighted by molar-refractivity contribution is 0.985. The van der Waals surface area contributed by atoms with Gasteiger partial charge in [-0.05, 0) is 24.4 Å². The molecule has 0 radical (unpaired) electrons. The first kappa shape index (κ1) is 13.4. The van der Waals surface area contributed by atoms with Crippen LogP contribution in [0.3, 0.4) is 0 Å². The molecule has 3 aromatic rings. The van der Waals surface area contributed by atoms with Crippen molar-refractivity contribution in [2.75, 3.05) is 0 Å². The van der Waals surface area contributed by atoms with Crippen LogP contribution in [-0.4, -0.2) is 14.5 Å². The Kier molecular flexibility index (Phi) is 3.48. The molecule has 1 N–H and O–H groups in total. The van der Waals surface area contributed by atoms with Crippen molar-refractivity contribution in [1.82, 2.24) is 14.5 Å². The summed E-state index contributed by atoms with van der Waals surface area (Å²) in [6.07, 6.45) is 3.09. The Bertz CT molecular complexity index is 971. The molecule has 0 saturated heterocycles. The second-order valence-electron chi connectivity index (χ2n) is 4.16. The number of hydrogen-bond acceptors (Lipinski definition) is 5. The van der Waals surface area contributed by atoms with Crippen molar-refractivity contribution in [3.63, 3.8) is 0 Å². The Morgan fingerprint density at radius 3 is 2.95 bits per heavy atom. The third kappa shape index (κ3) is 2.67.